The Bertz CT molecular complexity index is 408. The molecule has 0 amide bonds. The van der Waals surface area contributed by atoms with Crippen LogP contribution in [0.25, 0.3) is 10.2 Å². The van der Waals surface area contributed by atoms with Gasteiger partial charge in [-0.15, -0.1) is 21.5 Å². The lowest BCUT2D eigenvalue weighted by Gasteiger charge is -1.94. The molecule has 2 heterocycles. The van der Waals surface area contributed by atoms with Gasteiger partial charge in [-0.1, -0.05) is 0 Å². The summed E-state index contributed by atoms with van der Waals surface area (Å²) in [7, 11) is 1.84. The van der Waals surface area contributed by atoms with Crippen molar-refractivity contribution in [1.82, 2.24) is 10.2 Å². The number of anilines is 1. The standard InChI is InChI=1S/C8H9N3S/c1-5-3-6-4-7(9-2)10-11-8(6)12-5/h3-4H,1-2H3,(H,9,10). The van der Waals surface area contributed by atoms with Gasteiger partial charge in [0.25, 0.3) is 0 Å². The molecule has 0 aliphatic carbocycles. The van der Waals surface area contributed by atoms with E-state index in [4.69, 9.17) is 0 Å². The van der Waals surface area contributed by atoms with Gasteiger partial charge >= 0.3 is 0 Å². The Balaban J connectivity index is 2.66. The number of aryl methyl sites for hydroxylation is 1. The molecular formula is C8H9N3S. The van der Waals surface area contributed by atoms with Crippen molar-refractivity contribution in [3.63, 3.8) is 0 Å². The van der Waals surface area contributed by atoms with E-state index in [-0.39, 0.29) is 0 Å². The lowest BCUT2D eigenvalue weighted by molar-refractivity contribution is 1.08. The van der Waals surface area contributed by atoms with Crippen molar-refractivity contribution in [3.05, 3.63) is 17.0 Å². The van der Waals surface area contributed by atoms with E-state index in [1.165, 1.54) is 4.88 Å². The van der Waals surface area contributed by atoms with Crippen LogP contribution in [0.15, 0.2) is 12.1 Å². The van der Waals surface area contributed by atoms with Gasteiger partial charge in [-0.2, -0.15) is 0 Å². The monoisotopic (exact) mass is 179 g/mol. The average Bonchev–Trinajstić information content (AvgIpc) is 2.43. The van der Waals surface area contributed by atoms with Crippen molar-refractivity contribution in [3.8, 4) is 0 Å². The van der Waals surface area contributed by atoms with Crippen molar-refractivity contribution in [2.24, 2.45) is 0 Å². The van der Waals surface area contributed by atoms with Crippen LogP contribution in [0.3, 0.4) is 0 Å². The normalized spacial score (nSPS) is 10.5. The molecule has 0 bridgehead atoms. The number of rotatable bonds is 1. The zero-order chi connectivity index (χ0) is 8.55. The Morgan fingerprint density at radius 1 is 1.33 bits per heavy atom. The SMILES string of the molecule is CNc1cc2cc(C)sc2nn1. The molecule has 2 rings (SSSR count). The van der Waals surface area contributed by atoms with E-state index in [2.05, 4.69) is 28.5 Å². The minimum absolute atomic E-state index is 0.820. The molecule has 0 unspecified atom stereocenters. The second kappa shape index (κ2) is 2.71. The summed E-state index contributed by atoms with van der Waals surface area (Å²) in [5.74, 6) is 0.820. The molecule has 0 aliphatic rings. The summed E-state index contributed by atoms with van der Waals surface area (Å²) in [6, 6.07) is 4.13. The van der Waals surface area contributed by atoms with Crippen molar-refractivity contribution in [2.45, 2.75) is 6.92 Å². The van der Waals surface area contributed by atoms with Crippen LogP contribution in [-0.2, 0) is 0 Å². The summed E-state index contributed by atoms with van der Waals surface area (Å²) in [5.41, 5.74) is 0. The fourth-order valence-corrected chi connectivity index (χ4v) is 1.91. The topological polar surface area (TPSA) is 37.8 Å². The Hall–Kier alpha value is -1.16. The Kier molecular flexibility index (Phi) is 1.69. The van der Waals surface area contributed by atoms with Gasteiger partial charge in [0.05, 0.1) is 0 Å². The van der Waals surface area contributed by atoms with Crippen molar-refractivity contribution in [2.75, 3.05) is 12.4 Å². The molecule has 1 N–H and O–H groups in total. The molecule has 0 radical (unpaired) electrons. The molecule has 0 aromatic carbocycles. The third kappa shape index (κ3) is 1.14. The maximum atomic E-state index is 4.08. The van der Waals surface area contributed by atoms with E-state index < -0.39 is 0 Å². The van der Waals surface area contributed by atoms with Gasteiger partial charge in [-0.25, -0.2) is 0 Å². The first-order chi connectivity index (χ1) is 5.79. The average molecular weight is 179 g/mol. The third-order valence-corrected chi connectivity index (χ3v) is 2.61. The lowest BCUT2D eigenvalue weighted by Crippen LogP contribution is -1.92. The van der Waals surface area contributed by atoms with Crippen LogP contribution >= 0.6 is 11.3 Å². The highest BCUT2D eigenvalue weighted by Crippen LogP contribution is 2.23. The largest absolute Gasteiger partial charge is 0.372 e. The number of aromatic nitrogens is 2. The van der Waals surface area contributed by atoms with Gasteiger partial charge < -0.3 is 5.32 Å². The minimum atomic E-state index is 0.820. The number of nitrogens with one attached hydrogen (secondary N) is 1. The van der Waals surface area contributed by atoms with Gasteiger partial charge in [0, 0.05) is 17.3 Å². The van der Waals surface area contributed by atoms with Gasteiger partial charge in [-0.05, 0) is 19.1 Å². The van der Waals surface area contributed by atoms with Crippen molar-refractivity contribution < 1.29 is 0 Å². The number of thiophene rings is 1. The first kappa shape index (κ1) is 7.49. The minimum Gasteiger partial charge on any atom is -0.372 e. The Labute approximate surface area is 74.4 Å². The van der Waals surface area contributed by atoms with Crippen LogP contribution in [0.2, 0.25) is 0 Å². The summed E-state index contributed by atoms with van der Waals surface area (Å²) in [5, 5.41) is 12.2. The molecule has 0 atom stereocenters. The second-order valence-electron chi connectivity index (χ2n) is 2.60. The highest BCUT2D eigenvalue weighted by atomic mass is 32.1. The molecule has 62 valence electrons. The van der Waals surface area contributed by atoms with Crippen LogP contribution < -0.4 is 5.32 Å². The Morgan fingerprint density at radius 3 is 2.92 bits per heavy atom. The van der Waals surface area contributed by atoms with Gasteiger partial charge in [0.2, 0.25) is 0 Å². The van der Waals surface area contributed by atoms with Crippen LogP contribution in [0.4, 0.5) is 5.82 Å². The first-order valence-electron chi connectivity index (χ1n) is 3.71. The Morgan fingerprint density at radius 2 is 2.17 bits per heavy atom. The molecule has 2 aromatic rings. The van der Waals surface area contributed by atoms with Gasteiger partial charge in [0.15, 0.2) is 0 Å². The summed E-state index contributed by atoms with van der Waals surface area (Å²) in [4.78, 5) is 2.28. The van der Waals surface area contributed by atoms with E-state index in [0.717, 1.165) is 16.0 Å². The van der Waals surface area contributed by atoms with Crippen LogP contribution in [0, 0.1) is 6.92 Å². The highest BCUT2D eigenvalue weighted by Gasteiger charge is 2.00. The lowest BCUT2D eigenvalue weighted by atomic mass is 10.3. The molecule has 4 heteroatoms. The molecule has 0 saturated carbocycles. The molecule has 3 nitrogen and oxygen atoms in total. The van der Waals surface area contributed by atoms with Crippen LogP contribution in [-0.4, -0.2) is 17.2 Å². The number of hydrogen-bond donors (Lipinski definition) is 1. The molecule has 0 spiro atoms. The maximum absolute atomic E-state index is 4.08. The molecule has 12 heavy (non-hydrogen) atoms. The van der Waals surface area contributed by atoms with E-state index in [0.29, 0.717) is 0 Å². The van der Waals surface area contributed by atoms with Gasteiger partial charge in [-0.3, -0.25) is 0 Å². The molecular weight excluding hydrogens is 170 g/mol. The smallest absolute Gasteiger partial charge is 0.149 e. The van der Waals surface area contributed by atoms with Gasteiger partial charge in [0.1, 0.15) is 10.6 Å². The van der Waals surface area contributed by atoms with E-state index in [1.54, 1.807) is 11.3 Å². The maximum Gasteiger partial charge on any atom is 0.149 e. The summed E-state index contributed by atoms with van der Waals surface area (Å²) < 4.78 is 0. The quantitative estimate of drug-likeness (QED) is 0.728. The van der Waals surface area contributed by atoms with E-state index in [9.17, 15) is 0 Å². The first-order valence-corrected chi connectivity index (χ1v) is 4.53. The summed E-state index contributed by atoms with van der Waals surface area (Å²) >= 11 is 1.67. The molecule has 2 aromatic heterocycles. The highest BCUT2D eigenvalue weighted by molar-refractivity contribution is 7.18. The predicted molar refractivity (Wildman–Crippen MR) is 51.7 cm³/mol. The second-order valence-corrected chi connectivity index (χ2v) is 3.83. The fourth-order valence-electron chi connectivity index (χ4n) is 1.10. The number of fused-ring (bicyclic) bond motifs is 1. The van der Waals surface area contributed by atoms with Crippen molar-refractivity contribution in [1.29, 1.82) is 0 Å². The van der Waals surface area contributed by atoms with Crippen molar-refractivity contribution >= 4 is 27.4 Å². The molecule has 0 aliphatic heterocycles. The summed E-state index contributed by atoms with van der Waals surface area (Å²) in [6.45, 7) is 2.07. The van der Waals surface area contributed by atoms with Crippen LogP contribution in [0.1, 0.15) is 4.88 Å². The number of nitrogens with zero attached hydrogens (tertiary/aromatic N) is 2. The third-order valence-electron chi connectivity index (χ3n) is 1.66. The summed E-state index contributed by atoms with van der Waals surface area (Å²) in [6.07, 6.45) is 0. The zero-order valence-corrected chi connectivity index (χ0v) is 7.77. The van der Waals surface area contributed by atoms with E-state index in [1.807, 2.05) is 13.1 Å². The number of hydrogen-bond acceptors (Lipinski definition) is 4. The van der Waals surface area contributed by atoms with E-state index >= 15 is 0 Å². The molecule has 0 saturated heterocycles. The van der Waals surface area contributed by atoms with Crippen LogP contribution in [0.5, 0.6) is 0 Å². The predicted octanol–water partition coefficient (Wildman–Crippen LogP) is 2.04. The zero-order valence-electron chi connectivity index (χ0n) is 6.96. The fraction of sp³-hybridized carbons (Fsp3) is 0.250. The molecule has 0 fully saturated rings.